The highest BCUT2D eigenvalue weighted by Crippen LogP contribution is 2.38. The molecular formula is C27H37FO4. The van der Waals surface area contributed by atoms with Crippen molar-refractivity contribution >= 4 is 5.97 Å². The summed E-state index contributed by atoms with van der Waals surface area (Å²) < 4.78 is 19.7. The van der Waals surface area contributed by atoms with Crippen molar-refractivity contribution in [1.29, 1.82) is 0 Å². The number of hydrogen-bond acceptors (Lipinski definition) is 4. The molecule has 1 aromatic carbocycles. The second-order valence-corrected chi connectivity index (χ2v) is 9.51. The van der Waals surface area contributed by atoms with E-state index in [0.29, 0.717) is 19.3 Å². The summed E-state index contributed by atoms with van der Waals surface area (Å²) in [6, 6.07) is 8.25. The van der Waals surface area contributed by atoms with Gasteiger partial charge in [-0.05, 0) is 68.9 Å². The molecule has 0 heterocycles. The Bertz CT molecular complexity index is 778. The Morgan fingerprint density at radius 2 is 1.91 bits per heavy atom. The quantitative estimate of drug-likeness (QED) is 0.311. The van der Waals surface area contributed by atoms with Gasteiger partial charge in [-0.15, -0.1) is 0 Å². The van der Waals surface area contributed by atoms with E-state index in [1.807, 2.05) is 38.1 Å². The van der Waals surface area contributed by atoms with Gasteiger partial charge in [-0.1, -0.05) is 48.6 Å². The smallest absolute Gasteiger partial charge is 0.306 e. The molecule has 0 radical (unpaired) electrons. The maximum Gasteiger partial charge on any atom is 0.306 e. The van der Waals surface area contributed by atoms with Crippen molar-refractivity contribution in [2.45, 2.75) is 83.3 Å². The molecule has 5 heteroatoms. The molecule has 0 saturated heterocycles. The third-order valence-corrected chi connectivity index (χ3v) is 6.66. The number of hydrogen-bond donors (Lipinski definition) is 2. The number of unbranched alkanes of at least 4 members (excludes halogenated alkanes) is 1. The minimum Gasteiger partial charge on any atom is -0.463 e. The summed E-state index contributed by atoms with van der Waals surface area (Å²) in [6.45, 7) is 3.67. The number of carbonyl (C=O) groups excluding carboxylic acids is 1. The first-order valence-electron chi connectivity index (χ1n) is 11.9. The van der Waals surface area contributed by atoms with Gasteiger partial charge in [-0.3, -0.25) is 4.79 Å². The molecule has 1 aromatic rings. The summed E-state index contributed by atoms with van der Waals surface area (Å²) in [7, 11) is 0. The predicted octanol–water partition coefficient (Wildman–Crippen LogP) is 4.72. The van der Waals surface area contributed by atoms with Crippen LogP contribution in [0.4, 0.5) is 4.39 Å². The van der Waals surface area contributed by atoms with Crippen LogP contribution in [0, 0.1) is 17.8 Å². The van der Waals surface area contributed by atoms with E-state index < -0.39 is 24.3 Å². The number of alkyl halides is 1. The minimum absolute atomic E-state index is 0.0944. The summed E-state index contributed by atoms with van der Waals surface area (Å²) >= 11 is 0. The zero-order valence-corrected chi connectivity index (χ0v) is 19.2. The van der Waals surface area contributed by atoms with Gasteiger partial charge in [-0.2, -0.15) is 0 Å². The number of fused-ring (bicyclic) bond motifs is 1. The van der Waals surface area contributed by atoms with Crippen LogP contribution in [0.2, 0.25) is 0 Å². The van der Waals surface area contributed by atoms with Gasteiger partial charge in [0.15, 0.2) is 0 Å². The molecule has 0 amide bonds. The fourth-order valence-electron chi connectivity index (χ4n) is 4.96. The van der Waals surface area contributed by atoms with Crippen molar-refractivity contribution in [3.8, 4) is 0 Å². The van der Waals surface area contributed by atoms with Crippen LogP contribution in [0.15, 0.2) is 48.6 Å². The lowest BCUT2D eigenvalue weighted by atomic mass is 9.89. The van der Waals surface area contributed by atoms with Gasteiger partial charge in [-0.25, -0.2) is 4.39 Å². The number of halogens is 1. The lowest BCUT2D eigenvalue weighted by Crippen LogP contribution is -2.21. The molecule has 0 aliphatic heterocycles. The van der Waals surface area contributed by atoms with E-state index in [9.17, 15) is 19.4 Å². The maximum absolute atomic E-state index is 14.6. The maximum atomic E-state index is 14.6. The summed E-state index contributed by atoms with van der Waals surface area (Å²) in [5.41, 5.74) is 2.56. The van der Waals surface area contributed by atoms with E-state index in [-0.39, 0.29) is 30.3 Å². The number of rotatable bonds is 10. The number of benzene rings is 1. The SMILES string of the molecule is CC(C)OC(=O)CCC/C=C\C[C@@H]1[C@@H](C=C[C@H](O)C2Cc3ccccc3C2)[C@@H](F)C[C@@H]1O. The molecule has 4 nitrogen and oxygen atoms in total. The van der Waals surface area contributed by atoms with Crippen molar-refractivity contribution in [3.63, 3.8) is 0 Å². The molecule has 0 unspecified atom stereocenters. The van der Waals surface area contributed by atoms with Crippen LogP contribution < -0.4 is 0 Å². The van der Waals surface area contributed by atoms with Crippen LogP contribution in [-0.2, 0) is 22.4 Å². The van der Waals surface area contributed by atoms with Crippen molar-refractivity contribution in [2.75, 3.05) is 0 Å². The average Bonchev–Trinajstić information content (AvgIpc) is 3.29. The third kappa shape index (κ3) is 6.76. The first-order valence-corrected chi connectivity index (χ1v) is 11.9. The summed E-state index contributed by atoms with van der Waals surface area (Å²) in [5, 5.41) is 21.0. The Kier molecular flexibility index (Phi) is 9.06. The standard InChI is InChI=1S/C27H37FO4/c1-18(2)32-27(31)12-6-4-3-5-11-23-22(24(28)17-26(23)30)13-14-25(29)21-15-19-9-7-8-10-20(19)16-21/h3,5,7-10,13-14,18,21-26,29-30H,4,6,11-12,15-17H2,1-2H3/b5-3-,14-13?/t22-,23-,24+,25+,26+/m1/s1. The van der Waals surface area contributed by atoms with E-state index in [2.05, 4.69) is 12.1 Å². The lowest BCUT2D eigenvalue weighted by molar-refractivity contribution is -0.147. The van der Waals surface area contributed by atoms with Gasteiger partial charge in [0.05, 0.1) is 18.3 Å². The van der Waals surface area contributed by atoms with Crippen molar-refractivity contribution in [3.05, 3.63) is 59.7 Å². The van der Waals surface area contributed by atoms with Gasteiger partial charge >= 0.3 is 5.97 Å². The Labute approximate surface area is 191 Å². The number of aliphatic hydroxyl groups excluding tert-OH is 2. The molecule has 2 aliphatic carbocycles. The zero-order chi connectivity index (χ0) is 23.1. The molecule has 1 saturated carbocycles. The zero-order valence-electron chi connectivity index (χ0n) is 19.2. The van der Waals surface area contributed by atoms with Crippen LogP contribution in [0.5, 0.6) is 0 Å². The number of esters is 1. The molecule has 1 fully saturated rings. The van der Waals surface area contributed by atoms with Crippen LogP contribution >= 0.6 is 0 Å². The molecule has 2 N–H and O–H groups in total. The van der Waals surface area contributed by atoms with Crippen molar-refractivity contribution in [1.82, 2.24) is 0 Å². The molecule has 0 aromatic heterocycles. The highest BCUT2D eigenvalue weighted by Gasteiger charge is 2.40. The number of allylic oxidation sites excluding steroid dienone is 3. The number of ether oxygens (including phenoxy) is 1. The first kappa shape index (κ1) is 24.7. The Balaban J connectivity index is 1.47. The number of aliphatic hydroxyl groups is 2. The van der Waals surface area contributed by atoms with E-state index >= 15 is 0 Å². The van der Waals surface area contributed by atoms with Gasteiger partial charge in [0.25, 0.3) is 0 Å². The summed E-state index contributed by atoms with van der Waals surface area (Å²) in [4.78, 5) is 11.6. The van der Waals surface area contributed by atoms with Crippen molar-refractivity contribution in [2.24, 2.45) is 17.8 Å². The van der Waals surface area contributed by atoms with Crippen molar-refractivity contribution < 1.29 is 24.1 Å². The Hall–Kier alpha value is -1.98. The second-order valence-electron chi connectivity index (χ2n) is 9.51. The van der Waals surface area contributed by atoms with Crippen LogP contribution in [0.25, 0.3) is 0 Å². The summed E-state index contributed by atoms with van der Waals surface area (Å²) in [5.74, 6) is -0.659. The monoisotopic (exact) mass is 444 g/mol. The highest BCUT2D eigenvalue weighted by molar-refractivity contribution is 5.69. The van der Waals surface area contributed by atoms with E-state index in [1.165, 1.54) is 11.1 Å². The van der Waals surface area contributed by atoms with Crippen LogP contribution in [0.1, 0.15) is 57.1 Å². The largest absolute Gasteiger partial charge is 0.463 e. The Morgan fingerprint density at radius 1 is 1.22 bits per heavy atom. The normalized spacial score (nSPS) is 26.9. The van der Waals surface area contributed by atoms with Crippen LogP contribution in [-0.4, -0.2) is 40.7 Å². The molecule has 0 bridgehead atoms. The summed E-state index contributed by atoms with van der Waals surface area (Å²) in [6.07, 6.45) is 9.24. The molecular weight excluding hydrogens is 407 g/mol. The van der Waals surface area contributed by atoms with Crippen LogP contribution in [0.3, 0.4) is 0 Å². The second kappa shape index (κ2) is 11.8. The average molecular weight is 445 g/mol. The molecule has 176 valence electrons. The lowest BCUT2D eigenvalue weighted by Gasteiger charge is -2.20. The topological polar surface area (TPSA) is 66.8 Å². The predicted molar refractivity (Wildman–Crippen MR) is 124 cm³/mol. The molecule has 0 spiro atoms. The number of carbonyl (C=O) groups is 1. The van der Waals surface area contributed by atoms with Gasteiger partial charge in [0.2, 0.25) is 0 Å². The van der Waals surface area contributed by atoms with Gasteiger partial charge < -0.3 is 14.9 Å². The minimum atomic E-state index is -1.10. The molecule has 5 atom stereocenters. The van der Waals surface area contributed by atoms with Gasteiger partial charge in [0, 0.05) is 18.8 Å². The highest BCUT2D eigenvalue weighted by atomic mass is 19.1. The van der Waals surface area contributed by atoms with E-state index in [0.717, 1.165) is 19.3 Å². The molecule has 2 aliphatic rings. The third-order valence-electron chi connectivity index (χ3n) is 6.66. The van der Waals surface area contributed by atoms with E-state index in [1.54, 1.807) is 12.2 Å². The fraction of sp³-hybridized carbons (Fsp3) is 0.593. The molecule has 3 rings (SSSR count). The van der Waals surface area contributed by atoms with Gasteiger partial charge in [0.1, 0.15) is 6.17 Å². The Morgan fingerprint density at radius 3 is 2.56 bits per heavy atom. The fourth-order valence-corrected chi connectivity index (χ4v) is 4.96. The van der Waals surface area contributed by atoms with E-state index in [4.69, 9.17) is 4.74 Å². The first-order chi connectivity index (χ1) is 15.3. The molecule has 32 heavy (non-hydrogen) atoms.